The Bertz CT molecular complexity index is 317. The van der Waals surface area contributed by atoms with E-state index in [1.807, 2.05) is 0 Å². The molecular weight excluding hydrogens is 196 g/mol. The van der Waals surface area contributed by atoms with Crippen molar-refractivity contribution in [1.82, 2.24) is 0 Å². The van der Waals surface area contributed by atoms with Crippen LogP contribution in [0.2, 0.25) is 0 Å². The standard InChI is InChI=1S/C15H24O/c1-10(2)12-8-14(16)13-7-5-6-11(3)15(13,4)9-12/h11-13H,1,5-9H2,2-4H3. The molecule has 2 aliphatic rings. The zero-order chi connectivity index (χ0) is 11.9. The van der Waals surface area contributed by atoms with Gasteiger partial charge in [-0.1, -0.05) is 38.8 Å². The van der Waals surface area contributed by atoms with Crippen LogP contribution >= 0.6 is 0 Å². The number of rotatable bonds is 1. The smallest absolute Gasteiger partial charge is 0.137 e. The number of carbonyl (C=O) groups is 1. The quantitative estimate of drug-likeness (QED) is 0.611. The average Bonchev–Trinajstić information content (AvgIpc) is 2.20. The molecule has 0 radical (unpaired) electrons. The van der Waals surface area contributed by atoms with Crippen molar-refractivity contribution in [2.24, 2.45) is 23.2 Å². The normalized spacial score (nSPS) is 43.9. The van der Waals surface area contributed by atoms with E-state index in [2.05, 4.69) is 27.4 Å². The van der Waals surface area contributed by atoms with Gasteiger partial charge in [0.15, 0.2) is 0 Å². The first-order valence-corrected chi connectivity index (χ1v) is 6.63. The fourth-order valence-corrected chi connectivity index (χ4v) is 3.84. The highest BCUT2D eigenvalue weighted by Crippen LogP contribution is 2.54. The molecule has 0 heterocycles. The molecule has 16 heavy (non-hydrogen) atoms. The maximum absolute atomic E-state index is 12.3. The summed E-state index contributed by atoms with van der Waals surface area (Å²) in [6.07, 6.45) is 5.60. The third kappa shape index (κ3) is 1.74. The molecule has 2 aliphatic carbocycles. The SMILES string of the molecule is C=C(C)C1CC(=O)C2CCCC(C)C2(C)C1. The number of fused-ring (bicyclic) bond motifs is 1. The number of hydrogen-bond acceptors (Lipinski definition) is 1. The van der Waals surface area contributed by atoms with Crippen molar-refractivity contribution in [2.75, 3.05) is 0 Å². The van der Waals surface area contributed by atoms with E-state index in [0.717, 1.165) is 12.8 Å². The van der Waals surface area contributed by atoms with E-state index in [1.54, 1.807) is 0 Å². The van der Waals surface area contributed by atoms with E-state index in [0.29, 0.717) is 23.5 Å². The summed E-state index contributed by atoms with van der Waals surface area (Å²) in [5.74, 6) is 1.98. The molecule has 2 rings (SSSR count). The van der Waals surface area contributed by atoms with Crippen molar-refractivity contribution >= 4 is 5.78 Å². The number of allylic oxidation sites excluding steroid dienone is 1. The summed E-state index contributed by atoms with van der Waals surface area (Å²) < 4.78 is 0. The molecule has 2 fully saturated rings. The minimum absolute atomic E-state index is 0.247. The Morgan fingerprint density at radius 1 is 1.44 bits per heavy atom. The van der Waals surface area contributed by atoms with Crippen molar-refractivity contribution in [3.05, 3.63) is 12.2 Å². The van der Waals surface area contributed by atoms with E-state index in [-0.39, 0.29) is 5.41 Å². The average molecular weight is 220 g/mol. The van der Waals surface area contributed by atoms with E-state index in [1.165, 1.54) is 24.8 Å². The molecule has 90 valence electrons. The fraction of sp³-hybridized carbons (Fsp3) is 0.800. The molecule has 4 atom stereocenters. The highest BCUT2D eigenvalue weighted by molar-refractivity contribution is 5.83. The lowest BCUT2D eigenvalue weighted by Crippen LogP contribution is -2.47. The third-order valence-electron chi connectivity index (χ3n) is 5.27. The Labute approximate surface area is 99.3 Å². The fourth-order valence-electron chi connectivity index (χ4n) is 3.84. The Hall–Kier alpha value is -0.590. The molecule has 4 unspecified atom stereocenters. The summed E-state index contributed by atoms with van der Waals surface area (Å²) in [6, 6.07) is 0. The van der Waals surface area contributed by atoms with Gasteiger partial charge in [0.1, 0.15) is 5.78 Å². The van der Waals surface area contributed by atoms with Crippen LogP contribution in [0.15, 0.2) is 12.2 Å². The largest absolute Gasteiger partial charge is 0.299 e. The van der Waals surface area contributed by atoms with Gasteiger partial charge >= 0.3 is 0 Å². The molecule has 0 N–H and O–H groups in total. The van der Waals surface area contributed by atoms with E-state index < -0.39 is 0 Å². The van der Waals surface area contributed by atoms with Gasteiger partial charge in [0.2, 0.25) is 0 Å². The monoisotopic (exact) mass is 220 g/mol. The number of hydrogen-bond donors (Lipinski definition) is 0. The predicted molar refractivity (Wildman–Crippen MR) is 67.2 cm³/mol. The minimum Gasteiger partial charge on any atom is -0.299 e. The first kappa shape index (κ1) is 11.9. The summed E-state index contributed by atoms with van der Waals surface area (Å²) in [7, 11) is 0. The first-order valence-electron chi connectivity index (χ1n) is 6.63. The van der Waals surface area contributed by atoms with Crippen LogP contribution in [0.1, 0.15) is 52.9 Å². The molecule has 1 heteroatoms. The lowest BCUT2D eigenvalue weighted by atomic mass is 9.53. The summed E-state index contributed by atoms with van der Waals surface area (Å²) >= 11 is 0. The molecule has 2 saturated carbocycles. The Morgan fingerprint density at radius 2 is 2.12 bits per heavy atom. The van der Waals surface area contributed by atoms with Gasteiger partial charge in [0, 0.05) is 12.3 Å². The maximum Gasteiger partial charge on any atom is 0.137 e. The predicted octanol–water partition coefficient (Wildman–Crippen LogP) is 3.98. The second-order valence-corrected chi connectivity index (χ2v) is 6.31. The topological polar surface area (TPSA) is 17.1 Å². The van der Waals surface area contributed by atoms with Crippen LogP contribution in [0.3, 0.4) is 0 Å². The van der Waals surface area contributed by atoms with E-state index in [9.17, 15) is 4.79 Å². The molecule has 0 bridgehead atoms. The van der Waals surface area contributed by atoms with Crippen molar-refractivity contribution in [1.29, 1.82) is 0 Å². The first-order chi connectivity index (χ1) is 7.45. The van der Waals surface area contributed by atoms with Crippen LogP contribution in [0.4, 0.5) is 0 Å². The Kier molecular flexibility index (Phi) is 2.98. The van der Waals surface area contributed by atoms with E-state index >= 15 is 0 Å². The number of Topliss-reactive ketones (excluding diaryl/α,β-unsaturated/α-hetero) is 1. The van der Waals surface area contributed by atoms with Gasteiger partial charge in [-0.2, -0.15) is 0 Å². The van der Waals surface area contributed by atoms with Gasteiger partial charge in [-0.3, -0.25) is 4.79 Å². The highest BCUT2D eigenvalue weighted by atomic mass is 16.1. The van der Waals surface area contributed by atoms with Crippen LogP contribution in [0.5, 0.6) is 0 Å². The van der Waals surface area contributed by atoms with Gasteiger partial charge in [-0.25, -0.2) is 0 Å². The van der Waals surface area contributed by atoms with Crippen LogP contribution in [-0.2, 0) is 4.79 Å². The third-order valence-corrected chi connectivity index (χ3v) is 5.27. The zero-order valence-electron chi connectivity index (χ0n) is 10.9. The highest BCUT2D eigenvalue weighted by Gasteiger charge is 2.49. The molecule has 0 aromatic carbocycles. The summed E-state index contributed by atoms with van der Waals surface area (Å²) in [5, 5.41) is 0. The summed E-state index contributed by atoms with van der Waals surface area (Å²) in [5.41, 5.74) is 1.45. The minimum atomic E-state index is 0.247. The van der Waals surface area contributed by atoms with Crippen LogP contribution in [0.25, 0.3) is 0 Å². The number of carbonyl (C=O) groups excluding carboxylic acids is 1. The van der Waals surface area contributed by atoms with Crippen molar-refractivity contribution in [3.8, 4) is 0 Å². The summed E-state index contributed by atoms with van der Waals surface area (Å²) in [6.45, 7) is 10.8. The molecular formula is C15H24O. The van der Waals surface area contributed by atoms with Crippen LogP contribution in [-0.4, -0.2) is 5.78 Å². The zero-order valence-corrected chi connectivity index (χ0v) is 10.9. The van der Waals surface area contributed by atoms with Gasteiger partial charge in [-0.15, -0.1) is 0 Å². The molecule has 0 aliphatic heterocycles. The molecule has 0 aromatic rings. The Morgan fingerprint density at radius 3 is 2.75 bits per heavy atom. The number of ketones is 1. The second-order valence-electron chi connectivity index (χ2n) is 6.31. The summed E-state index contributed by atoms with van der Waals surface area (Å²) in [4.78, 5) is 12.3. The van der Waals surface area contributed by atoms with Gasteiger partial charge in [0.25, 0.3) is 0 Å². The molecule has 1 nitrogen and oxygen atoms in total. The van der Waals surface area contributed by atoms with Crippen molar-refractivity contribution in [3.63, 3.8) is 0 Å². The van der Waals surface area contributed by atoms with Gasteiger partial charge in [-0.05, 0) is 37.0 Å². The molecule has 0 aromatic heterocycles. The van der Waals surface area contributed by atoms with Gasteiger partial charge < -0.3 is 0 Å². The van der Waals surface area contributed by atoms with Gasteiger partial charge in [0.05, 0.1) is 0 Å². The molecule has 0 saturated heterocycles. The lowest BCUT2D eigenvalue weighted by molar-refractivity contribution is -0.137. The van der Waals surface area contributed by atoms with Crippen molar-refractivity contribution < 1.29 is 4.79 Å². The van der Waals surface area contributed by atoms with Crippen LogP contribution < -0.4 is 0 Å². The Balaban J connectivity index is 2.27. The van der Waals surface area contributed by atoms with Crippen LogP contribution in [0, 0.1) is 23.2 Å². The van der Waals surface area contributed by atoms with E-state index in [4.69, 9.17) is 0 Å². The maximum atomic E-state index is 12.3. The van der Waals surface area contributed by atoms with Crippen molar-refractivity contribution in [2.45, 2.75) is 52.9 Å². The molecule has 0 spiro atoms. The lowest BCUT2D eigenvalue weighted by Gasteiger charge is -2.51. The molecule has 0 amide bonds. The second kappa shape index (κ2) is 4.01.